The number of rotatable bonds is 6. The van der Waals surface area contributed by atoms with Gasteiger partial charge in [-0.1, -0.05) is 12.1 Å². The molecule has 174 valence electrons. The number of nitrogens with zero attached hydrogens (tertiary/aromatic N) is 3. The number of aromatic nitrogens is 3. The highest BCUT2D eigenvalue weighted by Crippen LogP contribution is 2.29. The van der Waals surface area contributed by atoms with Gasteiger partial charge in [0.1, 0.15) is 11.6 Å². The van der Waals surface area contributed by atoms with Crippen LogP contribution in [-0.2, 0) is 0 Å². The number of ether oxygens (including phenoxy) is 1. The van der Waals surface area contributed by atoms with Crippen LogP contribution in [0.3, 0.4) is 0 Å². The fourth-order valence-corrected chi connectivity index (χ4v) is 3.42. The first-order valence-corrected chi connectivity index (χ1v) is 10.3. The van der Waals surface area contributed by atoms with Crippen LogP contribution in [-0.4, -0.2) is 32.9 Å². The van der Waals surface area contributed by atoms with Crippen molar-refractivity contribution in [2.45, 2.75) is 25.2 Å². The lowest BCUT2D eigenvalue weighted by atomic mass is 10.1. The van der Waals surface area contributed by atoms with Crippen LogP contribution in [0, 0.1) is 5.82 Å². The van der Waals surface area contributed by atoms with E-state index in [9.17, 15) is 22.4 Å². The quantitative estimate of drug-likeness (QED) is 0.384. The van der Waals surface area contributed by atoms with Crippen molar-refractivity contribution in [3.63, 3.8) is 0 Å². The molecule has 11 heteroatoms. The molecule has 2 heterocycles. The van der Waals surface area contributed by atoms with Crippen LogP contribution in [0.25, 0.3) is 16.8 Å². The Hall–Kier alpha value is -4.15. The minimum Gasteiger partial charge on any atom is -0.406 e. The van der Waals surface area contributed by atoms with Crippen molar-refractivity contribution in [1.29, 1.82) is 0 Å². The van der Waals surface area contributed by atoms with Gasteiger partial charge in [-0.15, -0.1) is 18.3 Å². The van der Waals surface area contributed by atoms with Gasteiger partial charge in [0, 0.05) is 23.5 Å². The van der Waals surface area contributed by atoms with Crippen LogP contribution < -0.4 is 15.4 Å². The Morgan fingerprint density at radius 1 is 1.09 bits per heavy atom. The Morgan fingerprint density at radius 3 is 2.53 bits per heavy atom. The SMILES string of the molecule is O=C(NC1CC1)c1ccc(Nc2nc3c(-c4ccc(OC(F)(F)F)cc4)cccn3n2)cc1F. The van der Waals surface area contributed by atoms with E-state index >= 15 is 0 Å². The third-order valence-corrected chi connectivity index (χ3v) is 5.14. The Kier molecular flexibility index (Phi) is 5.31. The lowest BCUT2D eigenvalue weighted by molar-refractivity contribution is -0.274. The predicted molar refractivity (Wildman–Crippen MR) is 115 cm³/mol. The van der Waals surface area contributed by atoms with Gasteiger partial charge >= 0.3 is 6.36 Å². The van der Waals surface area contributed by atoms with Gasteiger partial charge in [-0.2, -0.15) is 4.98 Å². The van der Waals surface area contributed by atoms with Crippen LogP contribution in [0.4, 0.5) is 29.2 Å². The van der Waals surface area contributed by atoms with Gasteiger partial charge in [0.05, 0.1) is 5.56 Å². The summed E-state index contributed by atoms with van der Waals surface area (Å²) in [6, 6.07) is 13.1. The van der Waals surface area contributed by atoms with E-state index in [1.807, 2.05) is 0 Å². The number of anilines is 2. The molecule has 0 atom stereocenters. The summed E-state index contributed by atoms with van der Waals surface area (Å²) in [5, 5.41) is 9.96. The molecule has 4 aromatic rings. The number of nitrogens with one attached hydrogen (secondary N) is 2. The lowest BCUT2D eigenvalue weighted by Crippen LogP contribution is -2.26. The first kappa shape index (κ1) is 21.7. The molecule has 1 saturated carbocycles. The summed E-state index contributed by atoms with van der Waals surface area (Å²) < 4.78 is 57.1. The van der Waals surface area contributed by atoms with Crippen molar-refractivity contribution >= 4 is 23.2 Å². The second-order valence-corrected chi connectivity index (χ2v) is 7.76. The van der Waals surface area contributed by atoms with Gasteiger partial charge in [-0.25, -0.2) is 8.91 Å². The maximum atomic E-state index is 14.5. The number of hydrogen-bond donors (Lipinski definition) is 2. The normalized spacial score (nSPS) is 13.6. The first-order chi connectivity index (χ1) is 16.2. The van der Waals surface area contributed by atoms with Gasteiger partial charge in [0.15, 0.2) is 5.65 Å². The van der Waals surface area contributed by atoms with E-state index in [-0.39, 0.29) is 23.3 Å². The molecule has 0 bridgehead atoms. The molecule has 2 N–H and O–H groups in total. The second-order valence-electron chi connectivity index (χ2n) is 7.76. The van der Waals surface area contributed by atoms with Crippen molar-refractivity contribution in [2.24, 2.45) is 0 Å². The second kappa shape index (κ2) is 8.32. The molecule has 1 fully saturated rings. The third kappa shape index (κ3) is 4.77. The fourth-order valence-electron chi connectivity index (χ4n) is 3.42. The van der Waals surface area contributed by atoms with E-state index in [0.29, 0.717) is 22.5 Å². The summed E-state index contributed by atoms with van der Waals surface area (Å²) in [6.07, 6.45) is -1.31. The molecule has 0 radical (unpaired) electrons. The maximum Gasteiger partial charge on any atom is 0.573 e. The number of pyridine rings is 1. The minimum atomic E-state index is -4.77. The average Bonchev–Trinajstić information content (AvgIpc) is 3.49. The van der Waals surface area contributed by atoms with Crippen molar-refractivity contribution in [3.8, 4) is 16.9 Å². The summed E-state index contributed by atoms with van der Waals surface area (Å²) in [7, 11) is 0. The van der Waals surface area contributed by atoms with Gasteiger partial charge in [-0.05, 0) is 60.9 Å². The molecule has 1 aliphatic rings. The number of alkyl halides is 3. The van der Waals surface area contributed by atoms with Crippen LogP contribution in [0.5, 0.6) is 5.75 Å². The highest BCUT2D eigenvalue weighted by atomic mass is 19.4. The highest BCUT2D eigenvalue weighted by Gasteiger charge is 2.31. The number of amides is 1. The zero-order valence-corrected chi connectivity index (χ0v) is 17.4. The van der Waals surface area contributed by atoms with Crippen molar-refractivity contribution in [3.05, 3.63) is 72.2 Å². The summed E-state index contributed by atoms with van der Waals surface area (Å²) in [4.78, 5) is 16.5. The fraction of sp³-hybridized carbons (Fsp3) is 0.174. The summed E-state index contributed by atoms with van der Waals surface area (Å²) in [6.45, 7) is 0. The van der Waals surface area contributed by atoms with E-state index < -0.39 is 18.1 Å². The topological polar surface area (TPSA) is 80.5 Å². The molecule has 0 unspecified atom stereocenters. The molecule has 7 nitrogen and oxygen atoms in total. The molecule has 5 rings (SSSR count). The first-order valence-electron chi connectivity index (χ1n) is 10.3. The molecular formula is C23H17F4N5O2. The Labute approximate surface area is 190 Å². The zero-order chi connectivity index (χ0) is 23.9. The molecule has 2 aromatic heterocycles. The number of halogens is 4. The van der Waals surface area contributed by atoms with Crippen molar-refractivity contribution < 1.29 is 27.1 Å². The van der Waals surface area contributed by atoms with E-state index in [1.165, 1.54) is 40.9 Å². The number of fused-ring (bicyclic) bond motifs is 1. The average molecular weight is 471 g/mol. The van der Waals surface area contributed by atoms with Gasteiger partial charge in [0.2, 0.25) is 5.95 Å². The van der Waals surface area contributed by atoms with Crippen molar-refractivity contribution in [1.82, 2.24) is 19.9 Å². The molecule has 2 aromatic carbocycles. The van der Waals surface area contributed by atoms with Gasteiger partial charge in [0.25, 0.3) is 5.91 Å². The van der Waals surface area contributed by atoms with Gasteiger partial charge < -0.3 is 15.4 Å². The number of benzene rings is 2. The molecule has 34 heavy (non-hydrogen) atoms. The van der Waals surface area contributed by atoms with Crippen LogP contribution in [0.15, 0.2) is 60.8 Å². The largest absolute Gasteiger partial charge is 0.573 e. The highest BCUT2D eigenvalue weighted by molar-refractivity contribution is 5.95. The summed E-state index contributed by atoms with van der Waals surface area (Å²) in [5.41, 5.74) is 1.98. The molecule has 1 aliphatic carbocycles. The molecule has 0 spiro atoms. The van der Waals surface area contributed by atoms with E-state index in [1.54, 1.807) is 24.4 Å². The predicted octanol–water partition coefficient (Wildman–Crippen LogP) is 5.07. The monoisotopic (exact) mass is 471 g/mol. The van der Waals surface area contributed by atoms with E-state index in [0.717, 1.165) is 12.8 Å². The van der Waals surface area contributed by atoms with Crippen LogP contribution in [0.2, 0.25) is 0 Å². The summed E-state index contributed by atoms with van der Waals surface area (Å²) in [5.74, 6) is -1.27. The lowest BCUT2D eigenvalue weighted by Gasteiger charge is -2.09. The maximum absolute atomic E-state index is 14.5. The summed E-state index contributed by atoms with van der Waals surface area (Å²) >= 11 is 0. The number of hydrogen-bond acceptors (Lipinski definition) is 5. The molecule has 0 aliphatic heterocycles. The van der Waals surface area contributed by atoms with Crippen LogP contribution in [0.1, 0.15) is 23.2 Å². The Balaban J connectivity index is 1.37. The van der Waals surface area contributed by atoms with E-state index in [4.69, 9.17) is 0 Å². The minimum absolute atomic E-state index is 0.0411. The smallest absolute Gasteiger partial charge is 0.406 e. The standard InChI is InChI=1S/C23H17F4N5O2/c24-19-12-15(7-10-18(19)21(33)28-14-5-6-14)29-22-30-20-17(2-1-11-32(20)31-22)13-3-8-16(9-4-13)34-23(25,26)27/h1-4,7-12,14H,5-6H2,(H,28,33)(H,29,31). The number of carbonyl (C=O) groups excluding carboxylic acids is 1. The Morgan fingerprint density at radius 2 is 1.85 bits per heavy atom. The van der Waals surface area contributed by atoms with Crippen LogP contribution >= 0.6 is 0 Å². The molecular weight excluding hydrogens is 454 g/mol. The third-order valence-electron chi connectivity index (χ3n) is 5.14. The molecule has 1 amide bonds. The van der Waals surface area contributed by atoms with Crippen molar-refractivity contribution in [2.75, 3.05) is 5.32 Å². The molecule has 0 saturated heterocycles. The van der Waals surface area contributed by atoms with E-state index in [2.05, 4.69) is 25.5 Å². The number of carbonyl (C=O) groups is 1. The Bertz CT molecular complexity index is 1360. The zero-order valence-electron chi connectivity index (χ0n) is 17.4. The van der Waals surface area contributed by atoms with Gasteiger partial charge in [-0.3, -0.25) is 4.79 Å².